The summed E-state index contributed by atoms with van der Waals surface area (Å²) in [5, 5.41) is 9.18. The first kappa shape index (κ1) is 15.7. The minimum Gasteiger partial charge on any atom is -0.461 e. The van der Waals surface area contributed by atoms with Gasteiger partial charge in [0.15, 0.2) is 0 Å². The van der Waals surface area contributed by atoms with Crippen molar-refractivity contribution >= 4 is 11.8 Å². The molecule has 0 N–H and O–H groups in total. The predicted octanol–water partition coefficient (Wildman–Crippen LogP) is 2.32. The van der Waals surface area contributed by atoms with E-state index in [0.29, 0.717) is 0 Å². The molecule has 2 aliphatic rings. The zero-order valence-corrected chi connectivity index (χ0v) is 13.2. The third-order valence-electron chi connectivity index (χ3n) is 4.84. The van der Waals surface area contributed by atoms with Gasteiger partial charge in [0.1, 0.15) is 11.9 Å². The number of aromatic nitrogens is 2. The number of nitriles is 1. The van der Waals surface area contributed by atoms with E-state index < -0.39 is 0 Å². The molecule has 0 bridgehead atoms. The molecule has 2 heterocycles. The summed E-state index contributed by atoms with van der Waals surface area (Å²) in [6.45, 7) is 1.57. The Kier molecular flexibility index (Phi) is 5.06. The van der Waals surface area contributed by atoms with Gasteiger partial charge < -0.3 is 9.64 Å². The molecule has 2 fully saturated rings. The van der Waals surface area contributed by atoms with Gasteiger partial charge in [-0.2, -0.15) is 5.26 Å². The SMILES string of the molecule is N#C[C@H]1CCCC[C@@H]1OC(=O)C1CCN(c2cnccn2)CC1. The van der Waals surface area contributed by atoms with Crippen molar-refractivity contribution in [3.8, 4) is 6.07 Å². The van der Waals surface area contributed by atoms with Crippen LogP contribution in [0.2, 0.25) is 0 Å². The molecule has 3 rings (SSSR count). The molecule has 0 radical (unpaired) electrons. The molecule has 0 spiro atoms. The highest BCUT2D eigenvalue weighted by Gasteiger charge is 2.32. The number of esters is 1. The molecule has 1 saturated carbocycles. The van der Waals surface area contributed by atoms with E-state index in [1.807, 2.05) is 0 Å². The lowest BCUT2D eigenvalue weighted by atomic mass is 9.87. The van der Waals surface area contributed by atoms with Crippen LogP contribution in [0.25, 0.3) is 0 Å². The van der Waals surface area contributed by atoms with Crippen molar-refractivity contribution in [2.45, 2.75) is 44.6 Å². The third-order valence-corrected chi connectivity index (χ3v) is 4.84. The molecule has 122 valence electrons. The summed E-state index contributed by atoms with van der Waals surface area (Å²) in [5.41, 5.74) is 0. The number of ether oxygens (including phenoxy) is 1. The van der Waals surface area contributed by atoms with Crippen LogP contribution in [0, 0.1) is 23.2 Å². The zero-order valence-electron chi connectivity index (χ0n) is 13.2. The number of carbonyl (C=O) groups excluding carboxylic acids is 1. The average molecular weight is 314 g/mol. The van der Waals surface area contributed by atoms with Crippen LogP contribution < -0.4 is 4.90 Å². The van der Waals surface area contributed by atoms with Crippen LogP contribution in [0.5, 0.6) is 0 Å². The minimum atomic E-state index is -0.209. The molecule has 6 heteroatoms. The summed E-state index contributed by atoms with van der Waals surface area (Å²) >= 11 is 0. The van der Waals surface area contributed by atoms with Gasteiger partial charge in [-0.1, -0.05) is 6.42 Å². The van der Waals surface area contributed by atoms with Gasteiger partial charge in [0.25, 0.3) is 0 Å². The fourth-order valence-electron chi connectivity index (χ4n) is 3.43. The van der Waals surface area contributed by atoms with Gasteiger partial charge >= 0.3 is 5.97 Å². The average Bonchev–Trinajstić information content (AvgIpc) is 2.63. The van der Waals surface area contributed by atoms with E-state index in [1.165, 1.54) is 0 Å². The molecule has 23 heavy (non-hydrogen) atoms. The first-order chi connectivity index (χ1) is 11.3. The van der Waals surface area contributed by atoms with Gasteiger partial charge in [0.2, 0.25) is 0 Å². The molecule has 1 saturated heterocycles. The number of nitrogens with zero attached hydrogens (tertiary/aromatic N) is 4. The van der Waals surface area contributed by atoms with Gasteiger partial charge in [-0.25, -0.2) is 4.98 Å². The predicted molar refractivity (Wildman–Crippen MR) is 84.4 cm³/mol. The Morgan fingerprint density at radius 1 is 1.22 bits per heavy atom. The quantitative estimate of drug-likeness (QED) is 0.797. The summed E-state index contributed by atoms with van der Waals surface area (Å²) in [4.78, 5) is 22.9. The Labute approximate surface area is 136 Å². The first-order valence-electron chi connectivity index (χ1n) is 8.39. The Balaban J connectivity index is 1.51. The molecule has 2 atom stereocenters. The number of carbonyl (C=O) groups is 1. The van der Waals surface area contributed by atoms with E-state index in [4.69, 9.17) is 4.74 Å². The van der Waals surface area contributed by atoms with E-state index in [-0.39, 0.29) is 23.9 Å². The number of piperidine rings is 1. The van der Waals surface area contributed by atoms with Gasteiger partial charge in [-0.15, -0.1) is 0 Å². The van der Waals surface area contributed by atoms with Crippen LogP contribution in [0.4, 0.5) is 5.82 Å². The van der Waals surface area contributed by atoms with Crippen molar-refractivity contribution in [1.82, 2.24) is 9.97 Å². The number of anilines is 1. The van der Waals surface area contributed by atoms with Gasteiger partial charge in [0, 0.05) is 25.5 Å². The molecule has 0 aromatic carbocycles. The molecule has 6 nitrogen and oxygen atoms in total. The minimum absolute atomic E-state index is 0.0656. The second-order valence-corrected chi connectivity index (χ2v) is 6.32. The Morgan fingerprint density at radius 2 is 2.00 bits per heavy atom. The molecule has 1 aromatic rings. The summed E-state index contributed by atoms with van der Waals surface area (Å²) in [6.07, 6.45) is 10.2. The lowest BCUT2D eigenvalue weighted by molar-refractivity contribution is -0.158. The summed E-state index contributed by atoms with van der Waals surface area (Å²) in [6, 6.07) is 2.29. The van der Waals surface area contributed by atoms with Crippen LogP contribution >= 0.6 is 0 Å². The second-order valence-electron chi connectivity index (χ2n) is 6.32. The Morgan fingerprint density at radius 3 is 2.70 bits per heavy atom. The lowest BCUT2D eigenvalue weighted by Crippen LogP contribution is -2.39. The monoisotopic (exact) mass is 314 g/mol. The van der Waals surface area contributed by atoms with Crippen LogP contribution in [-0.4, -0.2) is 35.1 Å². The smallest absolute Gasteiger partial charge is 0.309 e. The molecule has 0 amide bonds. The van der Waals surface area contributed by atoms with Crippen molar-refractivity contribution in [1.29, 1.82) is 5.26 Å². The third kappa shape index (κ3) is 3.79. The van der Waals surface area contributed by atoms with Crippen molar-refractivity contribution in [3.05, 3.63) is 18.6 Å². The van der Waals surface area contributed by atoms with E-state index in [2.05, 4.69) is 20.9 Å². The van der Waals surface area contributed by atoms with Gasteiger partial charge in [0.05, 0.1) is 24.1 Å². The highest BCUT2D eigenvalue weighted by molar-refractivity contribution is 5.73. The molecule has 1 aromatic heterocycles. The summed E-state index contributed by atoms with van der Waals surface area (Å²) in [7, 11) is 0. The summed E-state index contributed by atoms with van der Waals surface area (Å²) < 4.78 is 5.67. The molecule has 1 aliphatic carbocycles. The molecular weight excluding hydrogens is 292 g/mol. The van der Waals surface area contributed by atoms with E-state index >= 15 is 0 Å². The van der Waals surface area contributed by atoms with Crippen LogP contribution in [0.1, 0.15) is 38.5 Å². The Bertz CT molecular complexity index is 564. The van der Waals surface area contributed by atoms with Crippen LogP contribution in [0.15, 0.2) is 18.6 Å². The fraction of sp³-hybridized carbons (Fsp3) is 0.647. The Hall–Kier alpha value is -2.16. The standard InChI is InChI=1S/C17H22N4O2/c18-11-14-3-1-2-4-15(14)23-17(22)13-5-9-21(10-6-13)16-12-19-7-8-20-16/h7-8,12-15H,1-6,9-10H2/t14-,15+/m1/s1. The number of rotatable bonds is 3. The molecule has 0 unspecified atom stereocenters. The largest absolute Gasteiger partial charge is 0.461 e. The lowest BCUT2D eigenvalue weighted by Gasteiger charge is -2.33. The zero-order chi connectivity index (χ0) is 16.1. The fourth-order valence-corrected chi connectivity index (χ4v) is 3.43. The van der Waals surface area contributed by atoms with Crippen molar-refractivity contribution in [2.75, 3.05) is 18.0 Å². The highest BCUT2D eigenvalue weighted by Crippen LogP contribution is 2.29. The van der Waals surface area contributed by atoms with Gasteiger partial charge in [-0.3, -0.25) is 9.78 Å². The second kappa shape index (κ2) is 7.40. The van der Waals surface area contributed by atoms with Crippen molar-refractivity contribution in [3.63, 3.8) is 0 Å². The van der Waals surface area contributed by atoms with E-state index in [0.717, 1.165) is 57.4 Å². The van der Waals surface area contributed by atoms with Crippen molar-refractivity contribution < 1.29 is 9.53 Å². The maximum Gasteiger partial charge on any atom is 0.309 e. The number of hydrogen-bond acceptors (Lipinski definition) is 6. The normalized spacial score (nSPS) is 25.6. The van der Waals surface area contributed by atoms with Crippen LogP contribution in [0.3, 0.4) is 0 Å². The van der Waals surface area contributed by atoms with Crippen molar-refractivity contribution in [2.24, 2.45) is 11.8 Å². The van der Waals surface area contributed by atoms with E-state index in [1.54, 1.807) is 18.6 Å². The topological polar surface area (TPSA) is 79.1 Å². The summed E-state index contributed by atoms with van der Waals surface area (Å²) in [5.74, 6) is 0.531. The van der Waals surface area contributed by atoms with E-state index in [9.17, 15) is 10.1 Å². The van der Waals surface area contributed by atoms with Crippen LogP contribution in [-0.2, 0) is 9.53 Å². The molecular formula is C17H22N4O2. The maximum absolute atomic E-state index is 12.4. The molecule has 1 aliphatic heterocycles. The number of hydrogen-bond donors (Lipinski definition) is 0. The first-order valence-corrected chi connectivity index (χ1v) is 8.39. The van der Waals surface area contributed by atoms with Gasteiger partial charge in [-0.05, 0) is 32.1 Å². The highest BCUT2D eigenvalue weighted by atomic mass is 16.5. The maximum atomic E-state index is 12.4.